The molecule has 1 N–H and O–H groups in total. The van der Waals surface area contributed by atoms with Crippen molar-refractivity contribution >= 4 is 29.3 Å². The zero-order valence-electron chi connectivity index (χ0n) is 12.3. The number of carbonyl (C=O) groups excluding carboxylic acids is 1. The highest BCUT2D eigenvalue weighted by atomic mass is 35.5. The second kappa shape index (κ2) is 8.66. The van der Waals surface area contributed by atoms with Crippen LogP contribution in [0.1, 0.15) is 30.6 Å². The number of thioether (sulfide) groups is 1. The van der Waals surface area contributed by atoms with Gasteiger partial charge < -0.3 is 10.1 Å². The number of benzene rings is 1. The largest absolute Gasteiger partial charge is 0.381 e. The van der Waals surface area contributed by atoms with E-state index in [2.05, 4.69) is 12.2 Å². The predicted molar refractivity (Wildman–Crippen MR) is 88.9 cm³/mol. The molecule has 1 aliphatic heterocycles. The van der Waals surface area contributed by atoms with E-state index >= 15 is 0 Å². The topological polar surface area (TPSA) is 38.3 Å². The van der Waals surface area contributed by atoms with Crippen LogP contribution in [-0.2, 0) is 9.53 Å². The SMILES string of the molecule is CC[C@@H](SCC(=O)NC[C@@H]1CCOC1)c1ccc(Cl)cc1. The van der Waals surface area contributed by atoms with Crippen molar-refractivity contribution in [1.82, 2.24) is 5.32 Å². The van der Waals surface area contributed by atoms with E-state index in [4.69, 9.17) is 16.3 Å². The van der Waals surface area contributed by atoms with Gasteiger partial charge in [-0.2, -0.15) is 0 Å². The Bertz CT molecular complexity index is 446. The van der Waals surface area contributed by atoms with E-state index in [-0.39, 0.29) is 5.91 Å². The van der Waals surface area contributed by atoms with Crippen LogP contribution in [0, 0.1) is 5.92 Å². The number of rotatable bonds is 7. The summed E-state index contributed by atoms with van der Waals surface area (Å²) in [6.45, 7) is 4.47. The number of halogens is 1. The smallest absolute Gasteiger partial charge is 0.230 e. The van der Waals surface area contributed by atoms with Crippen molar-refractivity contribution in [3.63, 3.8) is 0 Å². The number of ether oxygens (including phenoxy) is 1. The Balaban J connectivity index is 1.74. The fourth-order valence-corrected chi connectivity index (χ4v) is 3.52. The number of hydrogen-bond donors (Lipinski definition) is 1. The van der Waals surface area contributed by atoms with Crippen LogP contribution in [0.15, 0.2) is 24.3 Å². The fourth-order valence-electron chi connectivity index (χ4n) is 2.36. The molecule has 1 fully saturated rings. The number of hydrogen-bond acceptors (Lipinski definition) is 3. The van der Waals surface area contributed by atoms with Crippen LogP contribution in [-0.4, -0.2) is 31.4 Å². The van der Waals surface area contributed by atoms with Gasteiger partial charge in [0.1, 0.15) is 0 Å². The van der Waals surface area contributed by atoms with Crippen molar-refractivity contribution in [3.05, 3.63) is 34.9 Å². The molecule has 1 aromatic rings. The van der Waals surface area contributed by atoms with E-state index in [1.807, 2.05) is 24.3 Å². The van der Waals surface area contributed by atoms with Gasteiger partial charge in [-0.3, -0.25) is 4.79 Å². The molecule has 1 amide bonds. The minimum atomic E-state index is 0.110. The lowest BCUT2D eigenvalue weighted by molar-refractivity contribution is -0.118. The summed E-state index contributed by atoms with van der Waals surface area (Å²) >= 11 is 7.59. The van der Waals surface area contributed by atoms with Gasteiger partial charge in [0.05, 0.1) is 12.4 Å². The van der Waals surface area contributed by atoms with Crippen LogP contribution in [0.25, 0.3) is 0 Å². The molecular formula is C16H22ClNO2S. The predicted octanol–water partition coefficient (Wildman–Crippen LogP) is 3.68. The Morgan fingerprint density at radius 2 is 2.24 bits per heavy atom. The fraction of sp³-hybridized carbons (Fsp3) is 0.562. The van der Waals surface area contributed by atoms with Crippen molar-refractivity contribution in [2.45, 2.75) is 25.0 Å². The van der Waals surface area contributed by atoms with Crippen LogP contribution >= 0.6 is 23.4 Å². The lowest BCUT2D eigenvalue weighted by Crippen LogP contribution is -2.31. The standard InChI is InChI=1S/C16H22ClNO2S/c1-2-15(13-3-5-14(17)6-4-13)21-11-16(19)18-9-12-7-8-20-10-12/h3-6,12,15H,2,7-11H2,1H3,(H,18,19)/t12-,15+/m0/s1. The van der Waals surface area contributed by atoms with Crippen LogP contribution in [0.3, 0.4) is 0 Å². The van der Waals surface area contributed by atoms with Crippen molar-refractivity contribution < 1.29 is 9.53 Å². The first-order valence-corrected chi connectivity index (χ1v) is 8.83. The molecule has 0 aliphatic carbocycles. The summed E-state index contributed by atoms with van der Waals surface area (Å²) in [5.41, 5.74) is 1.23. The van der Waals surface area contributed by atoms with E-state index in [9.17, 15) is 4.79 Å². The molecule has 5 heteroatoms. The Hall–Kier alpha value is -0.710. The van der Waals surface area contributed by atoms with E-state index in [1.165, 1.54) is 5.56 Å². The summed E-state index contributed by atoms with van der Waals surface area (Å²) in [6.07, 6.45) is 2.05. The zero-order valence-corrected chi connectivity index (χ0v) is 13.9. The van der Waals surface area contributed by atoms with Gasteiger partial charge in [0, 0.05) is 29.3 Å². The summed E-state index contributed by atoms with van der Waals surface area (Å²) in [7, 11) is 0. The highest BCUT2D eigenvalue weighted by Crippen LogP contribution is 2.32. The third-order valence-corrected chi connectivity index (χ3v) is 5.33. The first-order chi connectivity index (χ1) is 10.2. The van der Waals surface area contributed by atoms with Gasteiger partial charge in [0.2, 0.25) is 5.91 Å². The van der Waals surface area contributed by atoms with Gasteiger partial charge in [-0.05, 0) is 30.5 Å². The number of amides is 1. The first-order valence-electron chi connectivity index (χ1n) is 7.40. The summed E-state index contributed by atoms with van der Waals surface area (Å²) in [5.74, 6) is 1.09. The van der Waals surface area contributed by atoms with Gasteiger partial charge in [0.15, 0.2) is 0 Å². The van der Waals surface area contributed by atoms with Crippen molar-refractivity contribution in [1.29, 1.82) is 0 Å². The minimum Gasteiger partial charge on any atom is -0.381 e. The van der Waals surface area contributed by atoms with Crippen molar-refractivity contribution in [3.8, 4) is 0 Å². The molecule has 116 valence electrons. The molecule has 0 spiro atoms. The maximum Gasteiger partial charge on any atom is 0.230 e. The summed E-state index contributed by atoms with van der Waals surface area (Å²) in [6, 6.07) is 7.88. The second-order valence-corrected chi connectivity index (χ2v) is 6.92. The highest BCUT2D eigenvalue weighted by molar-refractivity contribution is 8.00. The van der Waals surface area contributed by atoms with Gasteiger partial charge in [-0.1, -0.05) is 30.7 Å². The van der Waals surface area contributed by atoms with E-state index in [1.54, 1.807) is 11.8 Å². The highest BCUT2D eigenvalue weighted by Gasteiger charge is 2.17. The molecule has 0 bridgehead atoms. The lowest BCUT2D eigenvalue weighted by atomic mass is 10.1. The molecule has 1 aliphatic rings. The van der Waals surface area contributed by atoms with Gasteiger partial charge >= 0.3 is 0 Å². The van der Waals surface area contributed by atoms with Crippen molar-refractivity contribution in [2.75, 3.05) is 25.5 Å². The summed E-state index contributed by atoms with van der Waals surface area (Å²) in [5, 5.41) is 4.09. The third kappa shape index (κ3) is 5.53. The van der Waals surface area contributed by atoms with Gasteiger partial charge in [-0.25, -0.2) is 0 Å². The molecule has 0 aromatic heterocycles. The van der Waals surface area contributed by atoms with Gasteiger partial charge in [0.25, 0.3) is 0 Å². The average molecular weight is 328 g/mol. The Morgan fingerprint density at radius 1 is 1.48 bits per heavy atom. The van der Waals surface area contributed by atoms with Crippen LogP contribution in [0.4, 0.5) is 0 Å². The summed E-state index contributed by atoms with van der Waals surface area (Å²) in [4.78, 5) is 11.9. The van der Waals surface area contributed by atoms with E-state index in [0.717, 1.165) is 37.6 Å². The van der Waals surface area contributed by atoms with E-state index < -0.39 is 0 Å². The minimum absolute atomic E-state index is 0.110. The molecule has 3 nitrogen and oxygen atoms in total. The second-order valence-electron chi connectivity index (χ2n) is 5.29. The molecule has 0 unspecified atom stereocenters. The quantitative estimate of drug-likeness (QED) is 0.830. The molecule has 21 heavy (non-hydrogen) atoms. The van der Waals surface area contributed by atoms with Crippen LogP contribution in [0.5, 0.6) is 0 Å². The Labute approximate surface area is 135 Å². The molecule has 0 saturated carbocycles. The molecule has 1 heterocycles. The van der Waals surface area contributed by atoms with Gasteiger partial charge in [-0.15, -0.1) is 11.8 Å². The first kappa shape index (κ1) is 16.7. The lowest BCUT2D eigenvalue weighted by Gasteiger charge is -2.15. The number of carbonyl (C=O) groups is 1. The van der Waals surface area contributed by atoms with Crippen LogP contribution < -0.4 is 5.32 Å². The molecule has 1 aromatic carbocycles. The average Bonchev–Trinajstić information content (AvgIpc) is 3.01. The Kier molecular flexibility index (Phi) is 6.87. The monoisotopic (exact) mass is 327 g/mol. The molecular weight excluding hydrogens is 306 g/mol. The molecule has 1 saturated heterocycles. The maximum atomic E-state index is 11.9. The number of nitrogens with one attached hydrogen (secondary N) is 1. The third-order valence-electron chi connectivity index (χ3n) is 3.64. The Morgan fingerprint density at radius 3 is 2.86 bits per heavy atom. The zero-order chi connectivity index (χ0) is 15.1. The molecule has 0 radical (unpaired) electrons. The maximum absolute atomic E-state index is 11.9. The van der Waals surface area contributed by atoms with Crippen LogP contribution in [0.2, 0.25) is 5.02 Å². The van der Waals surface area contributed by atoms with E-state index in [0.29, 0.717) is 16.9 Å². The normalized spacial score (nSPS) is 19.4. The summed E-state index contributed by atoms with van der Waals surface area (Å²) < 4.78 is 5.31. The molecule has 2 atom stereocenters. The van der Waals surface area contributed by atoms with Crippen molar-refractivity contribution in [2.24, 2.45) is 5.92 Å². The molecule has 2 rings (SSSR count).